The summed E-state index contributed by atoms with van der Waals surface area (Å²) in [4.78, 5) is 5.23. The summed E-state index contributed by atoms with van der Waals surface area (Å²) in [7, 11) is 0. The number of halogens is 3. The van der Waals surface area contributed by atoms with Gasteiger partial charge in [-0.3, -0.25) is 4.57 Å². The van der Waals surface area contributed by atoms with Crippen LogP contribution < -0.4 is 0 Å². The molecule has 0 saturated carbocycles. The minimum Gasteiger partial charge on any atom is -0.455 e. The fourth-order valence-corrected chi connectivity index (χ4v) is 7.02. The molecule has 48 heavy (non-hydrogen) atoms. The van der Waals surface area contributed by atoms with Crippen LogP contribution in [0, 0.1) is 6.92 Å². The van der Waals surface area contributed by atoms with Crippen LogP contribution in [-0.2, 0) is 6.18 Å². The number of hydrogen-bond acceptors (Lipinski definition) is 3. The molecular weight excluding hydrogens is 609 g/mol. The van der Waals surface area contributed by atoms with Crippen LogP contribution in [0.2, 0.25) is 0 Å². The molecule has 0 bridgehead atoms. The van der Waals surface area contributed by atoms with Crippen molar-refractivity contribution in [2.45, 2.75) is 52.6 Å². The topological polar surface area (TPSA) is 44.1 Å². The Morgan fingerprint density at radius 1 is 0.708 bits per heavy atom. The zero-order valence-corrected chi connectivity index (χ0v) is 27.2. The minimum atomic E-state index is -4.52. The van der Waals surface area contributed by atoms with E-state index >= 15 is 0 Å². The molecule has 3 aromatic heterocycles. The summed E-state index contributed by atoms with van der Waals surface area (Å²) in [6.45, 7) is 10.8. The number of aromatic nitrogens is 2. The van der Waals surface area contributed by atoms with Crippen molar-refractivity contribution in [3.05, 3.63) is 119 Å². The Kier molecular flexibility index (Phi) is 6.81. The highest BCUT2D eigenvalue weighted by Gasteiger charge is 2.32. The Hall–Kier alpha value is -5.30. The van der Waals surface area contributed by atoms with Gasteiger partial charge >= 0.3 is 6.18 Å². The van der Waals surface area contributed by atoms with Crippen molar-refractivity contribution in [1.82, 2.24) is 9.55 Å². The third kappa shape index (κ3) is 4.55. The smallest absolute Gasteiger partial charge is 0.416 e. The van der Waals surface area contributed by atoms with Crippen LogP contribution in [0.1, 0.15) is 61.8 Å². The molecule has 0 saturated heterocycles. The fourth-order valence-electron chi connectivity index (χ4n) is 7.02. The number of imidazole rings is 1. The molecular formula is C41H33F3N2O2. The molecule has 240 valence electrons. The van der Waals surface area contributed by atoms with E-state index in [0.717, 1.165) is 45.4 Å². The molecule has 0 amide bonds. The predicted molar refractivity (Wildman–Crippen MR) is 187 cm³/mol. The third-order valence-electron chi connectivity index (χ3n) is 9.37. The normalized spacial score (nSPS) is 12.5. The minimum absolute atomic E-state index is 0.136. The highest BCUT2D eigenvalue weighted by molar-refractivity contribution is 6.22. The van der Waals surface area contributed by atoms with Crippen molar-refractivity contribution < 1.29 is 22.0 Å². The molecule has 0 aliphatic rings. The summed E-state index contributed by atoms with van der Waals surface area (Å²) < 4.78 is 57.0. The number of para-hydroxylation sites is 3. The average molecular weight is 643 g/mol. The van der Waals surface area contributed by atoms with Crippen LogP contribution in [-0.4, -0.2) is 9.55 Å². The molecule has 0 aliphatic heterocycles. The number of aryl methyl sites for hydroxylation is 1. The highest BCUT2D eigenvalue weighted by Crippen LogP contribution is 2.47. The molecule has 8 rings (SSSR count). The van der Waals surface area contributed by atoms with Gasteiger partial charge in [-0.1, -0.05) is 88.4 Å². The monoisotopic (exact) mass is 642 g/mol. The second-order valence-corrected chi connectivity index (χ2v) is 13.1. The maximum absolute atomic E-state index is 13.9. The molecule has 0 unspecified atom stereocenters. The summed E-state index contributed by atoms with van der Waals surface area (Å²) in [5.74, 6) is 1.78. The van der Waals surface area contributed by atoms with Crippen molar-refractivity contribution in [3.8, 4) is 28.4 Å². The molecule has 0 aliphatic carbocycles. The van der Waals surface area contributed by atoms with Gasteiger partial charge in [0.15, 0.2) is 0 Å². The van der Waals surface area contributed by atoms with Crippen molar-refractivity contribution in [2.75, 3.05) is 0 Å². The highest BCUT2D eigenvalue weighted by atomic mass is 19.4. The van der Waals surface area contributed by atoms with E-state index in [4.69, 9.17) is 13.8 Å². The zero-order valence-electron chi connectivity index (χ0n) is 27.2. The Morgan fingerprint density at radius 2 is 1.40 bits per heavy atom. The van der Waals surface area contributed by atoms with Crippen LogP contribution in [0.25, 0.3) is 72.3 Å². The third-order valence-corrected chi connectivity index (χ3v) is 9.37. The van der Waals surface area contributed by atoms with Gasteiger partial charge in [0.25, 0.3) is 0 Å². The lowest BCUT2D eigenvalue weighted by atomic mass is 9.92. The van der Waals surface area contributed by atoms with Crippen LogP contribution in [0.15, 0.2) is 106 Å². The number of hydrogen-bond donors (Lipinski definition) is 0. The quantitative estimate of drug-likeness (QED) is 0.188. The van der Waals surface area contributed by atoms with E-state index in [1.807, 2.05) is 61.5 Å². The van der Waals surface area contributed by atoms with E-state index in [0.29, 0.717) is 39.1 Å². The van der Waals surface area contributed by atoms with E-state index in [9.17, 15) is 13.2 Å². The second kappa shape index (κ2) is 10.9. The molecule has 0 fully saturated rings. The van der Waals surface area contributed by atoms with Gasteiger partial charge in [0.05, 0.1) is 33.2 Å². The number of furan rings is 2. The van der Waals surface area contributed by atoms with Crippen molar-refractivity contribution in [3.63, 3.8) is 0 Å². The summed E-state index contributed by atoms with van der Waals surface area (Å²) in [5, 5.41) is 2.02. The number of rotatable bonds is 5. The maximum Gasteiger partial charge on any atom is 0.416 e. The Labute approximate surface area is 275 Å². The van der Waals surface area contributed by atoms with Gasteiger partial charge in [-0.2, -0.15) is 13.2 Å². The fraction of sp³-hybridized carbons (Fsp3) is 0.195. The molecule has 0 spiro atoms. The first kappa shape index (κ1) is 30.1. The maximum atomic E-state index is 13.9. The first-order valence-electron chi connectivity index (χ1n) is 16.2. The van der Waals surface area contributed by atoms with Crippen molar-refractivity contribution in [2.24, 2.45) is 0 Å². The summed E-state index contributed by atoms with van der Waals surface area (Å²) in [6.07, 6.45) is -4.52. The number of fused-ring (bicyclic) bond motifs is 6. The van der Waals surface area contributed by atoms with Gasteiger partial charge < -0.3 is 8.83 Å². The first-order chi connectivity index (χ1) is 23.0. The molecule has 3 heterocycles. The zero-order chi connectivity index (χ0) is 33.5. The number of alkyl halides is 3. The SMILES string of the molecule is Cc1c(-c2ccccc2)oc2c1cc(-c1nc3ccccc3n1-c1c(C(C)C)cccc1C(C)C)c1oc3cc(C(F)(F)F)ccc3c12. The molecule has 8 aromatic rings. The van der Waals surface area contributed by atoms with E-state index in [-0.39, 0.29) is 17.4 Å². The van der Waals surface area contributed by atoms with Crippen LogP contribution in [0.5, 0.6) is 0 Å². The molecule has 4 nitrogen and oxygen atoms in total. The number of benzene rings is 5. The van der Waals surface area contributed by atoms with Gasteiger partial charge in [-0.05, 0) is 66.3 Å². The first-order valence-corrected chi connectivity index (χ1v) is 16.2. The Morgan fingerprint density at radius 3 is 2.08 bits per heavy atom. The molecule has 0 radical (unpaired) electrons. The van der Waals surface area contributed by atoms with Gasteiger partial charge in [0, 0.05) is 21.9 Å². The largest absolute Gasteiger partial charge is 0.455 e. The van der Waals surface area contributed by atoms with Crippen LogP contribution in [0.4, 0.5) is 13.2 Å². The Balaban J connectivity index is 1.55. The predicted octanol–water partition coefficient (Wildman–Crippen LogP) is 12.6. The Bertz CT molecular complexity index is 2490. The lowest BCUT2D eigenvalue weighted by molar-refractivity contribution is -0.137. The van der Waals surface area contributed by atoms with Crippen molar-refractivity contribution in [1.29, 1.82) is 0 Å². The summed E-state index contributed by atoms with van der Waals surface area (Å²) in [6, 6.07) is 30.0. The van der Waals surface area contributed by atoms with Crippen molar-refractivity contribution >= 4 is 43.9 Å². The van der Waals surface area contributed by atoms with Gasteiger partial charge in [-0.15, -0.1) is 0 Å². The van der Waals surface area contributed by atoms with Crippen LogP contribution in [0.3, 0.4) is 0 Å². The van der Waals surface area contributed by atoms with Gasteiger partial charge in [0.2, 0.25) is 0 Å². The molecule has 5 aromatic carbocycles. The van der Waals surface area contributed by atoms with Gasteiger partial charge in [-0.25, -0.2) is 4.98 Å². The number of nitrogens with zero attached hydrogens (tertiary/aromatic N) is 2. The van der Waals surface area contributed by atoms with Gasteiger partial charge in [0.1, 0.15) is 28.3 Å². The lowest BCUT2D eigenvalue weighted by Crippen LogP contribution is -2.08. The molecule has 0 N–H and O–H groups in total. The van der Waals surface area contributed by atoms with E-state index in [1.54, 1.807) is 0 Å². The van der Waals surface area contributed by atoms with Crippen LogP contribution >= 0.6 is 0 Å². The second-order valence-electron chi connectivity index (χ2n) is 13.1. The van der Waals surface area contributed by atoms with E-state index in [2.05, 4.69) is 56.5 Å². The van der Waals surface area contributed by atoms with E-state index < -0.39 is 11.7 Å². The lowest BCUT2D eigenvalue weighted by Gasteiger charge is -2.22. The summed E-state index contributed by atoms with van der Waals surface area (Å²) >= 11 is 0. The molecule has 0 atom stereocenters. The standard InChI is InChI=1S/C41H33F3N2O2/c1-22(2)27-14-11-15-28(23(3)4)36(27)46-33-17-10-9-16-32(33)45-40(46)31-21-30-24(5)37(25-12-7-6-8-13-25)48-38(30)35-29-19-18-26(41(42,43)44)20-34(29)47-39(31)35/h6-23H,1-5H3. The molecule has 7 heteroatoms. The average Bonchev–Trinajstić information content (AvgIpc) is 3.74. The summed E-state index contributed by atoms with van der Waals surface area (Å²) in [5.41, 5.74) is 8.01. The van der Waals surface area contributed by atoms with E-state index in [1.165, 1.54) is 17.2 Å².